The van der Waals surface area contributed by atoms with E-state index in [1.807, 2.05) is 20.8 Å². The third-order valence-electron chi connectivity index (χ3n) is 3.82. The summed E-state index contributed by atoms with van der Waals surface area (Å²) in [6.07, 6.45) is 0.647. The molecule has 0 spiro atoms. The molecule has 25 heavy (non-hydrogen) atoms. The van der Waals surface area contributed by atoms with Gasteiger partial charge in [-0.15, -0.1) is 0 Å². The normalized spacial score (nSPS) is 13.2. The average Bonchev–Trinajstić information content (AvgIpc) is 2.45. The second-order valence-corrected chi connectivity index (χ2v) is 10.0. The van der Waals surface area contributed by atoms with E-state index in [4.69, 9.17) is 5.73 Å². The number of sulfone groups is 1. The maximum atomic E-state index is 13.1. The van der Waals surface area contributed by atoms with Gasteiger partial charge in [0.15, 0.2) is 0 Å². The lowest BCUT2D eigenvalue weighted by molar-refractivity contribution is 0.464. The Labute approximate surface area is 165 Å². The lowest BCUT2D eigenvalue weighted by Gasteiger charge is -2.15. The molecule has 1 atom stereocenters. The van der Waals surface area contributed by atoms with E-state index in [9.17, 15) is 13.5 Å². The molecular formula is C18H21Br2NO3S. The topological polar surface area (TPSA) is 80.4 Å². The van der Waals surface area contributed by atoms with Crippen LogP contribution >= 0.6 is 31.9 Å². The molecule has 0 heterocycles. The first-order valence-electron chi connectivity index (χ1n) is 7.85. The zero-order chi connectivity index (χ0) is 18.9. The Morgan fingerprint density at radius 3 is 2.12 bits per heavy atom. The maximum Gasteiger partial charge on any atom is 0.208 e. The van der Waals surface area contributed by atoms with Crippen molar-refractivity contribution in [1.29, 1.82) is 0 Å². The molecule has 0 saturated heterocycles. The standard InChI is InChI=1S/C18H21Br2NO3S/c1-10(2)14-9-13(4-5-17(14)22)25(23,24)18-15(19)7-12(6-11(3)21)8-16(18)20/h4-5,7-11,22H,6,21H2,1-3H3. The molecule has 2 aromatic rings. The number of phenolic OH excluding ortho intramolecular Hbond substituents is 1. The van der Waals surface area contributed by atoms with Crippen molar-refractivity contribution >= 4 is 41.7 Å². The molecule has 136 valence electrons. The Morgan fingerprint density at radius 2 is 1.64 bits per heavy atom. The van der Waals surface area contributed by atoms with Gasteiger partial charge in [-0.1, -0.05) is 13.8 Å². The van der Waals surface area contributed by atoms with Gasteiger partial charge >= 0.3 is 0 Å². The quantitative estimate of drug-likeness (QED) is 0.632. The number of hydrogen-bond acceptors (Lipinski definition) is 4. The van der Waals surface area contributed by atoms with Crippen LogP contribution in [0.25, 0.3) is 0 Å². The van der Waals surface area contributed by atoms with Gasteiger partial charge in [-0.05, 0) is 92.6 Å². The fourth-order valence-corrected chi connectivity index (χ4v) is 6.59. The minimum Gasteiger partial charge on any atom is -0.508 e. The van der Waals surface area contributed by atoms with Gasteiger partial charge in [0.2, 0.25) is 9.84 Å². The SMILES string of the molecule is CC(N)Cc1cc(Br)c(S(=O)(=O)c2ccc(O)c(C(C)C)c2)c(Br)c1. The van der Waals surface area contributed by atoms with Crippen LogP contribution in [0.1, 0.15) is 37.8 Å². The summed E-state index contributed by atoms with van der Waals surface area (Å²) in [6, 6.07) is 7.92. The van der Waals surface area contributed by atoms with Gasteiger partial charge in [-0.25, -0.2) is 8.42 Å². The van der Waals surface area contributed by atoms with E-state index in [-0.39, 0.29) is 27.5 Å². The van der Waals surface area contributed by atoms with Crippen molar-refractivity contribution in [2.75, 3.05) is 0 Å². The summed E-state index contributed by atoms with van der Waals surface area (Å²) in [7, 11) is -3.75. The Kier molecular flexibility index (Phi) is 6.35. The molecular weight excluding hydrogens is 470 g/mol. The van der Waals surface area contributed by atoms with Crippen LogP contribution in [0.4, 0.5) is 0 Å². The van der Waals surface area contributed by atoms with Crippen molar-refractivity contribution in [1.82, 2.24) is 0 Å². The second kappa shape index (κ2) is 7.78. The number of rotatable bonds is 5. The molecule has 2 rings (SSSR count). The van der Waals surface area contributed by atoms with Crippen molar-refractivity contribution in [3.05, 3.63) is 50.4 Å². The number of hydrogen-bond donors (Lipinski definition) is 2. The van der Waals surface area contributed by atoms with Gasteiger partial charge in [0.1, 0.15) is 10.6 Å². The average molecular weight is 491 g/mol. The lowest BCUT2D eigenvalue weighted by Crippen LogP contribution is -2.18. The van der Waals surface area contributed by atoms with Gasteiger partial charge in [0.05, 0.1) is 4.90 Å². The smallest absolute Gasteiger partial charge is 0.208 e. The van der Waals surface area contributed by atoms with Gasteiger partial charge in [0, 0.05) is 15.0 Å². The molecule has 0 aliphatic heterocycles. The summed E-state index contributed by atoms with van der Waals surface area (Å²) in [5.74, 6) is 0.106. The van der Waals surface area contributed by atoms with Crippen molar-refractivity contribution in [2.45, 2.75) is 48.9 Å². The molecule has 3 N–H and O–H groups in total. The molecule has 0 bridgehead atoms. The van der Waals surface area contributed by atoms with E-state index in [0.717, 1.165) is 5.56 Å². The highest BCUT2D eigenvalue weighted by molar-refractivity contribution is 9.11. The first-order chi connectivity index (χ1) is 11.5. The molecule has 7 heteroatoms. The molecule has 0 radical (unpaired) electrons. The minimum atomic E-state index is -3.75. The van der Waals surface area contributed by atoms with Crippen LogP contribution in [0.2, 0.25) is 0 Å². The zero-order valence-electron chi connectivity index (χ0n) is 14.3. The monoisotopic (exact) mass is 489 g/mol. The summed E-state index contributed by atoms with van der Waals surface area (Å²) in [6.45, 7) is 5.70. The second-order valence-electron chi connectivity index (χ2n) is 6.45. The van der Waals surface area contributed by atoms with Crippen molar-refractivity contribution in [3.63, 3.8) is 0 Å². The predicted molar refractivity (Wildman–Crippen MR) is 107 cm³/mol. The van der Waals surface area contributed by atoms with E-state index in [1.165, 1.54) is 18.2 Å². The van der Waals surface area contributed by atoms with Crippen molar-refractivity contribution < 1.29 is 13.5 Å². The highest BCUT2D eigenvalue weighted by Gasteiger charge is 2.25. The lowest BCUT2D eigenvalue weighted by atomic mass is 10.0. The van der Waals surface area contributed by atoms with E-state index < -0.39 is 9.84 Å². The van der Waals surface area contributed by atoms with Gasteiger partial charge < -0.3 is 10.8 Å². The third kappa shape index (κ3) is 4.45. The Balaban J connectivity index is 2.59. The molecule has 0 aliphatic rings. The largest absolute Gasteiger partial charge is 0.508 e. The van der Waals surface area contributed by atoms with Crippen molar-refractivity contribution in [3.8, 4) is 5.75 Å². The molecule has 4 nitrogen and oxygen atoms in total. The van der Waals surface area contributed by atoms with E-state index in [1.54, 1.807) is 12.1 Å². The molecule has 0 amide bonds. The van der Waals surface area contributed by atoms with Gasteiger partial charge in [0.25, 0.3) is 0 Å². The number of benzene rings is 2. The summed E-state index contributed by atoms with van der Waals surface area (Å²) < 4.78 is 27.2. The summed E-state index contributed by atoms with van der Waals surface area (Å²) in [5, 5.41) is 9.95. The summed E-state index contributed by atoms with van der Waals surface area (Å²) >= 11 is 6.77. The molecule has 2 aromatic carbocycles. The van der Waals surface area contributed by atoms with Crippen LogP contribution < -0.4 is 5.73 Å². The highest BCUT2D eigenvalue weighted by atomic mass is 79.9. The number of phenols is 1. The van der Waals surface area contributed by atoms with E-state index in [0.29, 0.717) is 20.9 Å². The number of aromatic hydroxyl groups is 1. The molecule has 0 aliphatic carbocycles. The van der Waals surface area contributed by atoms with Crippen LogP contribution in [-0.4, -0.2) is 19.6 Å². The van der Waals surface area contributed by atoms with Crippen LogP contribution in [0, 0.1) is 0 Å². The molecule has 0 aromatic heterocycles. The Bertz CT molecular complexity index is 870. The Morgan fingerprint density at radius 1 is 1.08 bits per heavy atom. The molecule has 0 fully saturated rings. The highest BCUT2D eigenvalue weighted by Crippen LogP contribution is 2.37. The first kappa shape index (κ1) is 20.4. The zero-order valence-corrected chi connectivity index (χ0v) is 18.2. The predicted octanol–water partition coefficient (Wildman–Crippen LogP) is 4.76. The van der Waals surface area contributed by atoms with Crippen LogP contribution in [0.5, 0.6) is 5.75 Å². The van der Waals surface area contributed by atoms with Crippen LogP contribution in [-0.2, 0) is 16.3 Å². The number of halogens is 2. The third-order valence-corrected chi connectivity index (χ3v) is 7.44. The minimum absolute atomic E-state index is 0.00968. The van der Waals surface area contributed by atoms with Crippen molar-refractivity contribution in [2.24, 2.45) is 5.73 Å². The van der Waals surface area contributed by atoms with Gasteiger partial charge in [-0.3, -0.25) is 0 Å². The maximum absolute atomic E-state index is 13.1. The Hall–Kier alpha value is -0.890. The van der Waals surface area contributed by atoms with E-state index in [2.05, 4.69) is 31.9 Å². The number of nitrogens with two attached hydrogens (primary N) is 1. The van der Waals surface area contributed by atoms with Crippen LogP contribution in [0.3, 0.4) is 0 Å². The summed E-state index contributed by atoms with van der Waals surface area (Å²) in [5.41, 5.74) is 7.37. The van der Waals surface area contributed by atoms with E-state index >= 15 is 0 Å². The molecule has 1 unspecified atom stereocenters. The molecule has 0 saturated carbocycles. The fourth-order valence-electron chi connectivity index (χ4n) is 2.64. The van der Waals surface area contributed by atoms with Gasteiger partial charge in [-0.2, -0.15) is 0 Å². The summed E-state index contributed by atoms with van der Waals surface area (Å²) in [4.78, 5) is 0.316. The fraction of sp³-hybridized carbons (Fsp3) is 0.333. The van der Waals surface area contributed by atoms with Crippen LogP contribution in [0.15, 0.2) is 49.1 Å². The first-order valence-corrected chi connectivity index (χ1v) is 10.9.